The molecule has 0 saturated heterocycles. The molecule has 0 radical (unpaired) electrons. The zero-order chi connectivity index (χ0) is 23.1. The van der Waals surface area contributed by atoms with Crippen LogP contribution in [0.25, 0.3) is 10.9 Å². The lowest BCUT2D eigenvalue weighted by molar-refractivity contribution is -0.139. The van der Waals surface area contributed by atoms with Gasteiger partial charge in [0, 0.05) is 19.5 Å². The van der Waals surface area contributed by atoms with E-state index in [9.17, 15) is 9.59 Å². The van der Waals surface area contributed by atoms with E-state index in [1.54, 1.807) is 17.7 Å². The predicted molar refractivity (Wildman–Crippen MR) is 130 cm³/mol. The lowest BCUT2D eigenvalue weighted by Crippen LogP contribution is -2.41. The van der Waals surface area contributed by atoms with Crippen molar-refractivity contribution >= 4 is 16.8 Å². The number of para-hydroxylation sites is 1. The van der Waals surface area contributed by atoms with Crippen LogP contribution >= 0.6 is 0 Å². The number of carbonyl (C=O) groups is 1. The highest BCUT2D eigenvalue weighted by atomic mass is 16.2. The molecule has 3 aromatic rings. The summed E-state index contributed by atoms with van der Waals surface area (Å²) in [6.45, 7) is 6.81. The van der Waals surface area contributed by atoms with Gasteiger partial charge in [0.1, 0.15) is 5.82 Å². The van der Waals surface area contributed by atoms with Crippen molar-refractivity contribution in [2.75, 3.05) is 0 Å². The van der Waals surface area contributed by atoms with E-state index in [-0.39, 0.29) is 23.4 Å². The monoisotopic (exact) mass is 433 g/mol. The summed E-state index contributed by atoms with van der Waals surface area (Å²) in [6, 6.07) is 17.2. The number of amides is 1. The molecular formula is C27H35N3O2. The van der Waals surface area contributed by atoms with Gasteiger partial charge in [0.05, 0.1) is 16.9 Å². The SMILES string of the molecule is CCCCC(CC)C(=O)N(Cc1ccccc1)C(CC)c1nc2ccccc2c(=O)n1C. The Kier molecular flexibility index (Phi) is 8.20. The number of unbranched alkanes of at least 4 members (excludes halogenated alkanes) is 1. The fourth-order valence-corrected chi connectivity index (χ4v) is 4.38. The standard InChI is InChI=1S/C27H35N3O2/c1-5-8-16-21(6-2)26(31)30(19-20-14-10-9-11-15-20)24(7-3)25-28-23-18-13-12-17-22(23)27(32)29(25)4/h9-15,17-18,21,24H,5-8,16,19H2,1-4H3. The molecule has 0 aliphatic rings. The van der Waals surface area contributed by atoms with Gasteiger partial charge in [-0.1, -0.05) is 76.1 Å². The van der Waals surface area contributed by atoms with Crippen molar-refractivity contribution in [2.24, 2.45) is 13.0 Å². The molecule has 0 fully saturated rings. The van der Waals surface area contributed by atoms with Gasteiger partial charge in [-0.2, -0.15) is 0 Å². The fourth-order valence-electron chi connectivity index (χ4n) is 4.38. The second-order valence-electron chi connectivity index (χ2n) is 8.47. The molecule has 32 heavy (non-hydrogen) atoms. The molecule has 0 bridgehead atoms. The van der Waals surface area contributed by atoms with Crippen LogP contribution in [0.2, 0.25) is 0 Å². The Labute approximate surface area is 191 Å². The highest BCUT2D eigenvalue weighted by molar-refractivity contribution is 5.80. The van der Waals surface area contributed by atoms with E-state index in [4.69, 9.17) is 4.98 Å². The molecule has 2 atom stereocenters. The molecule has 0 N–H and O–H groups in total. The predicted octanol–water partition coefficient (Wildman–Crippen LogP) is 5.63. The van der Waals surface area contributed by atoms with E-state index in [2.05, 4.69) is 20.8 Å². The van der Waals surface area contributed by atoms with Crippen LogP contribution in [0, 0.1) is 5.92 Å². The molecule has 0 aliphatic heterocycles. The van der Waals surface area contributed by atoms with Crippen molar-refractivity contribution in [1.29, 1.82) is 0 Å². The number of fused-ring (bicyclic) bond motifs is 1. The second kappa shape index (κ2) is 11.1. The van der Waals surface area contributed by atoms with Crippen molar-refractivity contribution in [3.8, 4) is 0 Å². The van der Waals surface area contributed by atoms with Crippen LogP contribution in [0.4, 0.5) is 0 Å². The van der Waals surface area contributed by atoms with Crippen LogP contribution < -0.4 is 5.56 Å². The molecule has 0 saturated carbocycles. The highest BCUT2D eigenvalue weighted by Crippen LogP contribution is 2.29. The molecule has 2 unspecified atom stereocenters. The summed E-state index contributed by atoms with van der Waals surface area (Å²) in [5.41, 5.74) is 1.68. The Morgan fingerprint density at radius 2 is 1.69 bits per heavy atom. The summed E-state index contributed by atoms with van der Waals surface area (Å²) in [6.07, 6.45) is 4.48. The maximum Gasteiger partial charge on any atom is 0.261 e. The third-order valence-corrected chi connectivity index (χ3v) is 6.31. The highest BCUT2D eigenvalue weighted by Gasteiger charge is 2.31. The molecule has 5 nitrogen and oxygen atoms in total. The fraction of sp³-hybridized carbons (Fsp3) is 0.444. The number of aromatic nitrogens is 2. The summed E-state index contributed by atoms with van der Waals surface area (Å²) < 4.78 is 1.62. The Bertz CT molecular complexity index is 1090. The van der Waals surface area contributed by atoms with Gasteiger partial charge < -0.3 is 4.90 Å². The van der Waals surface area contributed by atoms with E-state index in [0.717, 1.165) is 31.2 Å². The second-order valence-corrected chi connectivity index (χ2v) is 8.47. The quantitative estimate of drug-likeness (QED) is 0.416. The van der Waals surface area contributed by atoms with Crippen LogP contribution in [0.15, 0.2) is 59.4 Å². The minimum atomic E-state index is -0.277. The minimum Gasteiger partial charge on any atom is -0.328 e. The molecule has 170 valence electrons. The van der Waals surface area contributed by atoms with E-state index in [1.807, 2.05) is 53.4 Å². The summed E-state index contributed by atoms with van der Waals surface area (Å²) in [5, 5.41) is 0.601. The lowest BCUT2D eigenvalue weighted by Gasteiger charge is -2.34. The van der Waals surface area contributed by atoms with Gasteiger partial charge >= 0.3 is 0 Å². The zero-order valence-electron chi connectivity index (χ0n) is 19.8. The van der Waals surface area contributed by atoms with Crippen molar-refractivity contribution in [2.45, 2.75) is 65.5 Å². The van der Waals surface area contributed by atoms with Crippen molar-refractivity contribution in [3.05, 3.63) is 76.3 Å². The number of hydrogen-bond donors (Lipinski definition) is 0. The first-order valence-electron chi connectivity index (χ1n) is 11.8. The number of rotatable bonds is 10. The molecular weight excluding hydrogens is 398 g/mol. The number of nitrogens with zero attached hydrogens (tertiary/aromatic N) is 3. The van der Waals surface area contributed by atoms with E-state index in [1.165, 1.54) is 0 Å². The van der Waals surface area contributed by atoms with Crippen LogP contribution in [0.3, 0.4) is 0 Å². The number of hydrogen-bond acceptors (Lipinski definition) is 3. The first-order chi connectivity index (χ1) is 15.5. The molecule has 3 rings (SSSR count). The van der Waals surface area contributed by atoms with Gasteiger partial charge in [-0.05, 0) is 37.0 Å². The van der Waals surface area contributed by atoms with Crippen LogP contribution in [-0.2, 0) is 18.4 Å². The maximum absolute atomic E-state index is 13.8. The van der Waals surface area contributed by atoms with Gasteiger partial charge in [-0.3, -0.25) is 14.2 Å². The van der Waals surface area contributed by atoms with Crippen LogP contribution in [0.5, 0.6) is 0 Å². The molecule has 2 aromatic carbocycles. The topological polar surface area (TPSA) is 55.2 Å². The van der Waals surface area contributed by atoms with Gasteiger partial charge in [0.15, 0.2) is 0 Å². The molecule has 5 heteroatoms. The minimum absolute atomic E-state index is 0.0230. The van der Waals surface area contributed by atoms with E-state index < -0.39 is 0 Å². The first-order valence-corrected chi connectivity index (χ1v) is 11.8. The van der Waals surface area contributed by atoms with E-state index in [0.29, 0.717) is 29.7 Å². The van der Waals surface area contributed by atoms with Crippen molar-refractivity contribution in [1.82, 2.24) is 14.5 Å². The Morgan fingerprint density at radius 3 is 2.34 bits per heavy atom. The van der Waals surface area contributed by atoms with Crippen molar-refractivity contribution < 1.29 is 4.79 Å². The van der Waals surface area contributed by atoms with E-state index >= 15 is 0 Å². The third-order valence-electron chi connectivity index (χ3n) is 6.31. The summed E-state index contributed by atoms with van der Waals surface area (Å²) in [7, 11) is 1.76. The molecule has 0 aliphatic carbocycles. The van der Waals surface area contributed by atoms with Gasteiger partial charge in [-0.25, -0.2) is 4.98 Å². The summed E-state index contributed by atoms with van der Waals surface area (Å²) in [5.74, 6) is 0.773. The molecule has 1 amide bonds. The Balaban J connectivity index is 2.09. The summed E-state index contributed by atoms with van der Waals surface area (Å²) >= 11 is 0. The number of carbonyl (C=O) groups excluding carboxylic acids is 1. The summed E-state index contributed by atoms with van der Waals surface area (Å²) in [4.78, 5) is 33.7. The van der Waals surface area contributed by atoms with Gasteiger partial charge in [-0.15, -0.1) is 0 Å². The zero-order valence-corrected chi connectivity index (χ0v) is 19.8. The largest absolute Gasteiger partial charge is 0.328 e. The Hall–Kier alpha value is -2.95. The smallest absolute Gasteiger partial charge is 0.261 e. The number of benzene rings is 2. The normalized spacial score (nSPS) is 13.1. The average Bonchev–Trinajstić information content (AvgIpc) is 2.83. The van der Waals surface area contributed by atoms with Gasteiger partial charge in [0.2, 0.25) is 5.91 Å². The molecule has 0 spiro atoms. The average molecular weight is 434 g/mol. The molecule has 1 aromatic heterocycles. The lowest BCUT2D eigenvalue weighted by atomic mass is 9.96. The van der Waals surface area contributed by atoms with Crippen LogP contribution in [0.1, 0.15) is 70.3 Å². The molecule has 1 heterocycles. The maximum atomic E-state index is 13.8. The van der Waals surface area contributed by atoms with Crippen molar-refractivity contribution in [3.63, 3.8) is 0 Å². The van der Waals surface area contributed by atoms with Gasteiger partial charge in [0.25, 0.3) is 5.56 Å². The third kappa shape index (κ3) is 5.09. The Morgan fingerprint density at radius 1 is 1.00 bits per heavy atom. The first kappa shape index (κ1) is 23.7. The van der Waals surface area contributed by atoms with Crippen LogP contribution in [-0.4, -0.2) is 20.4 Å².